The first-order chi connectivity index (χ1) is 9.13. The minimum atomic E-state index is 0.177. The first-order valence-electron chi connectivity index (χ1n) is 7.21. The van der Waals surface area contributed by atoms with Crippen molar-refractivity contribution < 1.29 is 4.79 Å². The summed E-state index contributed by atoms with van der Waals surface area (Å²) in [6, 6.07) is 9.26. The predicted molar refractivity (Wildman–Crippen MR) is 77.9 cm³/mol. The highest BCUT2D eigenvalue weighted by atomic mass is 16.1. The topological polar surface area (TPSA) is 41.1 Å². The van der Waals surface area contributed by atoms with E-state index in [4.69, 9.17) is 0 Å². The van der Waals surface area contributed by atoms with Gasteiger partial charge in [0.1, 0.15) is 0 Å². The fourth-order valence-corrected chi connectivity index (χ4v) is 2.43. The molecule has 0 spiro atoms. The number of rotatable bonds is 5. The Morgan fingerprint density at radius 2 is 1.95 bits per heavy atom. The van der Waals surface area contributed by atoms with Crippen LogP contribution in [0.1, 0.15) is 37.8 Å². The lowest BCUT2D eigenvalue weighted by atomic mass is 10.0. The average molecular weight is 260 g/mol. The third-order valence-corrected chi connectivity index (χ3v) is 3.53. The fraction of sp³-hybridized carbons (Fsp3) is 0.562. The highest BCUT2D eigenvalue weighted by Gasteiger charge is 2.16. The van der Waals surface area contributed by atoms with Crippen molar-refractivity contribution in [3.8, 4) is 0 Å². The number of hydrogen-bond donors (Lipinski definition) is 2. The minimum Gasteiger partial charge on any atom is -0.355 e. The molecular weight excluding hydrogens is 236 g/mol. The van der Waals surface area contributed by atoms with Crippen molar-refractivity contribution in [3.63, 3.8) is 0 Å². The molecule has 1 amide bonds. The highest BCUT2D eigenvalue weighted by molar-refractivity contribution is 5.76. The molecular formula is C16H24N2O. The molecule has 1 unspecified atom stereocenters. The third-order valence-electron chi connectivity index (χ3n) is 3.53. The standard InChI is InChI=1S/C16H24N2O/c1-12(2)9-13-3-5-14(6-4-13)10-17-15-7-8-16(19)18-11-15/h3-6,12,15,17H,7-11H2,1-2H3,(H,18,19). The molecule has 0 bridgehead atoms. The molecule has 1 aromatic rings. The SMILES string of the molecule is CC(C)Cc1ccc(CNC2CCC(=O)NC2)cc1. The number of hydrogen-bond acceptors (Lipinski definition) is 2. The van der Waals surface area contributed by atoms with Crippen molar-refractivity contribution in [2.75, 3.05) is 6.54 Å². The Bertz CT molecular complexity index is 401. The smallest absolute Gasteiger partial charge is 0.220 e. The summed E-state index contributed by atoms with van der Waals surface area (Å²) in [5, 5.41) is 6.40. The van der Waals surface area contributed by atoms with Crippen LogP contribution >= 0.6 is 0 Å². The van der Waals surface area contributed by atoms with Gasteiger partial charge in [0.2, 0.25) is 5.91 Å². The molecule has 3 nitrogen and oxygen atoms in total. The third kappa shape index (κ3) is 4.67. The molecule has 1 aliphatic rings. The van der Waals surface area contributed by atoms with Crippen LogP contribution in [0.2, 0.25) is 0 Å². The van der Waals surface area contributed by atoms with E-state index in [1.54, 1.807) is 0 Å². The summed E-state index contributed by atoms with van der Waals surface area (Å²) in [6.45, 7) is 6.12. The van der Waals surface area contributed by atoms with Crippen molar-refractivity contribution >= 4 is 5.91 Å². The first kappa shape index (κ1) is 14.1. The number of nitrogens with one attached hydrogen (secondary N) is 2. The highest BCUT2D eigenvalue weighted by Crippen LogP contribution is 2.10. The number of piperidine rings is 1. The molecule has 1 aromatic carbocycles. The monoisotopic (exact) mass is 260 g/mol. The van der Waals surface area contributed by atoms with E-state index in [1.165, 1.54) is 11.1 Å². The van der Waals surface area contributed by atoms with E-state index in [2.05, 4.69) is 48.7 Å². The maximum absolute atomic E-state index is 11.1. The Kier molecular flexibility index (Phi) is 4.97. The van der Waals surface area contributed by atoms with Crippen LogP contribution in [0.25, 0.3) is 0 Å². The molecule has 2 N–H and O–H groups in total. The zero-order valence-electron chi connectivity index (χ0n) is 11.9. The van der Waals surface area contributed by atoms with Gasteiger partial charge in [-0.25, -0.2) is 0 Å². The minimum absolute atomic E-state index is 0.177. The lowest BCUT2D eigenvalue weighted by Crippen LogP contribution is -2.45. The normalized spacial score (nSPS) is 19.5. The molecule has 0 radical (unpaired) electrons. The van der Waals surface area contributed by atoms with Crippen LogP contribution in [0.3, 0.4) is 0 Å². The van der Waals surface area contributed by atoms with E-state index >= 15 is 0 Å². The van der Waals surface area contributed by atoms with E-state index in [0.717, 1.165) is 25.9 Å². The number of carbonyl (C=O) groups excluding carboxylic acids is 1. The van der Waals surface area contributed by atoms with E-state index in [-0.39, 0.29) is 5.91 Å². The van der Waals surface area contributed by atoms with E-state index in [1.807, 2.05) is 0 Å². The maximum atomic E-state index is 11.1. The second-order valence-electron chi connectivity index (χ2n) is 5.84. The molecule has 104 valence electrons. The van der Waals surface area contributed by atoms with Crippen molar-refractivity contribution in [3.05, 3.63) is 35.4 Å². The van der Waals surface area contributed by atoms with Gasteiger partial charge in [-0.05, 0) is 29.9 Å². The van der Waals surface area contributed by atoms with Crippen LogP contribution in [0, 0.1) is 5.92 Å². The quantitative estimate of drug-likeness (QED) is 0.852. The van der Waals surface area contributed by atoms with E-state index in [9.17, 15) is 4.79 Å². The molecule has 3 heteroatoms. The Labute approximate surface area is 115 Å². The van der Waals surface area contributed by atoms with Gasteiger partial charge in [0.15, 0.2) is 0 Å². The summed E-state index contributed by atoms with van der Waals surface area (Å²) >= 11 is 0. The number of benzene rings is 1. The van der Waals surface area contributed by atoms with Gasteiger partial charge < -0.3 is 10.6 Å². The van der Waals surface area contributed by atoms with Crippen LogP contribution in [0.15, 0.2) is 24.3 Å². The molecule has 19 heavy (non-hydrogen) atoms. The van der Waals surface area contributed by atoms with Gasteiger partial charge in [-0.3, -0.25) is 4.79 Å². The summed E-state index contributed by atoms with van der Waals surface area (Å²) in [5.41, 5.74) is 2.72. The van der Waals surface area contributed by atoms with Gasteiger partial charge >= 0.3 is 0 Å². The molecule has 1 saturated heterocycles. The van der Waals surface area contributed by atoms with Crippen molar-refractivity contribution in [2.45, 2.75) is 45.7 Å². The molecule has 1 atom stereocenters. The van der Waals surface area contributed by atoms with Gasteiger partial charge in [-0.2, -0.15) is 0 Å². The Hall–Kier alpha value is -1.35. The van der Waals surface area contributed by atoms with Gasteiger partial charge in [0.25, 0.3) is 0 Å². The number of carbonyl (C=O) groups is 1. The van der Waals surface area contributed by atoms with Crippen LogP contribution in [-0.4, -0.2) is 18.5 Å². The molecule has 1 fully saturated rings. The average Bonchev–Trinajstić information content (AvgIpc) is 2.39. The summed E-state index contributed by atoms with van der Waals surface area (Å²) in [4.78, 5) is 11.1. The van der Waals surface area contributed by atoms with Crippen molar-refractivity contribution in [1.82, 2.24) is 10.6 Å². The van der Waals surface area contributed by atoms with Crippen molar-refractivity contribution in [2.24, 2.45) is 5.92 Å². The molecule has 0 saturated carbocycles. The van der Waals surface area contributed by atoms with Crippen molar-refractivity contribution in [1.29, 1.82) is 0 Å². The van der Waals surface area contributed by atoms with Gasteiger partial charge in [-0.1, -0.05) is 38.1 Å². The summed E-state index contributed by atoms with van der Waals surface area (Å²) in [6.07, 6.45) is 2.73. The number of amides is 1. The van der Waals surface area contributed by atoms with Crippen LogP contribution in [0.4, 0.5) is 0 Å². The van der Waals surface area contributed by atoms with E-state index < -0.39 is 0 Å². The van der Waals surface area contributed by atoms with Crippen LogP contribution in [-0.2, 0) is 17.8 Å². The summed E-state index contributed by atoms with van der Waals surface area (Å²) in [5.74, 6) is 0.880. The molecule has 0 aliphatic carbocycles. The Balaban J connectivity index is 1.78. The van der Waals surface area contributed by atoms with Crippen LogP contribution < -0.4 is 10.6 Å². The Morgan fingerprint density at radius 3 is 2.53 bits per heavy atom. The summed E-state index contributed by atoms with van der Waals surface area (Å²) in [7, 11) is 0. The van der Waals surface area contributed by atoms with Gasteiger partial charge in [-0.15, -0.1) is 0 Å². The van der Waals surface area contributed by atoms with Gasteiger partial charge in [0, 0.05) is 25.6 Å². The molecule has 0 aromatic heterocycles. The van der Waals surface area contributed by atoms with Gasteiger partial charge in [0.05, 0.1) is 0 Å². The maximum Gasteiger partial charge on any atom is 0.220 e. The molecule has 2 rings (SSSR count). The zero-order valence-corrected chi connectivity index (χ0v) is 11.9. The fourth-order valence-electron chi connectivity index (χ4n) is 2.43. The largest absolute Gasteiger partial charge is 0.355 e. The zero-order chi connectivity index (χ0) is 13.7. The second-order valence-corrected chi connectivity index (χ2v) is 5.84. The second kappa shape index (κ2) is 6.71. The summed E-state index contributed by atoms with van der Waals surface area (Å²) < 4.78 is 0. The molecule has 1 heterocycles. The molecule has 1 aliphatic heterocycles. The first-order valence-corrected chi connectivity index (χ1v) is 7.21. The Morgan fingerprint density at radius 1 is 1.26 bits per heavy atom. The predicted octanol–water partition coefficient (Wildman–Crippen LogP) is 2.25. The van der Waals surface area contributed by atoms with E-state index in [0.29, 0.717) is 18.4 Å². The lowest BCUT2D eigenvalue weighted by molar-refractivity contribution is -0.122. The lowest BCUT2D eigenvalue weighted by Gasteiger charge is -2.23. The van der Waals surface area contributed by atoms with Crippen LogP contribution in [0.5, 0.6) is 0 Å².